The zero-order valence-corrected chi connectivity index (χ0v) is 16.5. The first-order valence-corrected chi connectivity index (χ1v) is 9.92. The zero-order valence-electron chi connectivity index (χ0n) is 15.8. The molecule has 0 N–H and O–H groups in total. The molecule has 4 nitrogen and oxygen atoms in total. The van der Waals surface area contributed by atoms with Crippen molar-refractivity contribution in [3.63, 3.8) is 0 Å². The van der Waals surface area contributed by atoms with Crippen LogP contribution in [0.3, 0.4) is 0 Å². The molecular formula is C24H20ClN2O2+. The number of halogens is 1. The molecule has 3 aromatic carbocycles. The Hall–Kier alpha value is -3.24. The van der Waals surface area contributed by atoms with E-state index < -0.39 is 0 Å². The second-order valence-electron chi connectivity index (χ2n) is 7.03. The third-order valence-corrected chi connectivity index (χ3v) is 5.30. The van der Waals surface area contributed by atoms with Crippen LogP contribution in [-0.4, -0.2) is 11.4 Å². The van der Waals surface area contributed by atoms with Gasteiger partial charge >= 0.3 is 0 Å². The lowest BCUT2D eigenvalue weighted by Gasteiger charge is -2.01. The predicted octanol–water partition coefficient (Wildman–Crippen LogP) is 5.07. The summed E-state index contributed by atoms with van der Waals surface area (Å²) in [6.07, 6.45) is 6.45. The van der Waals surface area contributed by atoms with Gasteiger partial charge in [-0.2, -0.15) is 0 Å². The van der Waals surface area contributed by atoms with Crippen molar-refractivity contribution in [2.24, 2.45) is 0 Å². The van der Waals surface area contributed by atoms with E-state index in [2.05, 4.69) is 64.0 Å². The largest absolute Gasteiger partial charge is 0.454 e. The Kier molecular flexibility index (Phi) is 4.70. The van der Waals surface area contributed by atoms with E-state index >= 15 is 0 Å². The number of fused-ring (bicyclic) bond motifs is 2. The third kappa shape index (κ3) is 3.71. The van der Waals surface area contributed by atoms with E-state index in [1.165, 1.54) is 16.6 Å². The molecule has 1 aliphatic rings. The SMILES string of the molecule is Clc1ccc(/C=C/Cn2c[n+](Cc3ccc4c(c3)OCO4)c3ccccc32)cc1. The molecule has 1 aliphatic heterocycles. The normalized spacial score (nSPS) is 12.9. The topological polar surface area (TPSA) is 27.3 Å². The Morgan fingerprint density at radius 2 is 1.79 bits per heavy atom. The minimum absolute atomic E-state index is 0.297. The summed E-state index contributed by atoms with van der Waals surface area (Å²) in [4.78, 5) is 0. The van der Waals surface area contributed by atoms with Gasteiger partial charge in [-0.15, -0.1) is 0 Å². The van der Waals surface area contributed by atoms with Crippen LogP contribution in [0.5, 0.6) is 11.5 Å². The molecular weight excluding hydrogens is 384 g/mol. The summed E-state index contributed by atoms with van der Waals surface area (Å²) in [6, 6.07) is 22.4. The first-order chi connectivity index (χ1) is 14.3. The maximum atomic E-state index is 5.96. The molecule has 0 saturated heterocycles. The zero-order chi connectivity index (χ0) is 19.6. The van der Waals surface area contributed by atoms with E-state index in [0.29, 0.717) is 6.79 Å². The number of hydrogen-bond donors (Lipinski definition) is 0. The average molecular weight is 404 g/mol. The number of allylic oxidation sites excluding steroid dienone is 1. The Morgan fingerprint density at radius 1 is 0.966 bits per heavy atom. The van der Waals surface area contributed by atoms with E-state index in [1.807, 2.05) is 30.3 Å². The number of aromatic nitrogens is 2. The van der Waals surface area contributed by atoms with Crippen molar-refractivity contribution < 1.29 is 14.0 Å². The maximum Gasteiger partial charge on any atom is 0.245 e. The number of ether oxygens (including phenoxy) is 2. The average Bonchev–Trinajstić information content (AvgIpc) is 3.34. The molecule has 2 heterocycles. The third-order valence-electron chi connectivity index (χ3n) is 5.05. The van der Waals surface area contributed by atoms with Crippen molar-refractivity contribution in [3.8, 4) is 11.5 Å². The lowest BCUT2D eigenvalue weighted by molar-refractivity contribution is -0.663. The standard InChI is InChI=1S/C24H20ClN2O2/c25-20-10-7-18(8-11-20)4-3-13-26-16-27(22-6-2-1-5-21(22)26)15-19-9-12-23-24(14-19)29-17-28-23/h1-12,14,16H,13,15,17H2/q+1/b4-3+. The summed E-state index contributed by atoms with van der Waals surface area (Å²) < 4.78 is 15.5. The van der Waals surface area contributed by atoms with Gasteiger partial charge in [0.15, 0.2) is 22.5 Å². The van der Waals surface area contributed by atoms with Crippen molar-refractivity contribution in [1.29, 1.82) is 0 Å². The van der Waals surface area contributed by atoms with E-state index in [9.17, 15) is 0 Å². The summed E-state index contributed by atoms with van der Waals surface area (Å²) in [7, 11) is 0. The highest BCUT2D eigenvalue weighted by atomic mass is 35.5. The van der Waals surface area contributed by atoms with Crippen LogP contribution in [0.1, 0.15) is 11.1 Å². The number of imidazole rings is 1. The minimum atomic E-state index is 0.297. The van der Waals surface area contributed by atoms with Gasteiger partial charge in [0.2, 0.25) is 13.1 Å². The molecule has 29 heavy (non-hydrogen) atoms. The van der Waals surface area contributed by atoms with Gasteiger partial charge in [0.05, 0.1) is 0 Å². The molecule has 144 valence electrons. The van der Waals surface area contributed by atoms with Gasteiger partial charge in [-0.25, -0.2) is 9.13 Å². The van der Waals surface area contributed by atoms with Gasteiger partial charge < -0.3 is 9.47 Å². The molecule has 0 amide bonds. The van der Waals surface area contributed by atoms with Crippen molar-refractivity contribution >= 4 is 28.7 Å². The molecule has 0 fully saturated rings. The minimum Gasteiger partial charge on any atom is -0.454 e. The van der Waals surface area contributed by atoms with Crippen molar-refractivity contribution in [2.45, 2.75) is 13.1 Å². The highest BCUT2D eigenvalue weighted by molar-refractivity contribution is 6.30. The van der Waals surface area contributed by atoms with Gasteiger partial charge in [-0.1, -0.05) is 48.0 Å². The summed E-state index contributed by atoms with van der Waals surface area (Å²) >= 11 is 5.96. The molecule has 5 rings (SSSR count). The van der Waals surface area contributed by atoms with Crippen molar-refractivity contribution in [1.82, 2.24) is 4.57 Å². The quantitative estimate of drug-likeness (QED) is 0.435. The van der Waals surface area contributed by atoms with Gasteiger partial charge in [0, 0.05) is 5.02 Å². The molecule has 0 radical (unpaired) electrons. The molecule has 5 heteroatoms. The number of nitrogens with zero attached hydrogens (tertiary/aromatic N) is 2. The van der Waals surface area contributed by atoms with Gasteiger partial charge in [-0.3, -0.25) is 0 Å². The van der Waals surface area contributed by atoms with Crippen molar-refractivity contribution in [2.75, 3.05) is 6.79 Å². The van der Waals surface area contributed by atoms with Gasteiger partial charge in [0.1, 0.15) is 13.1 Å². The van der Waals surface area contributed by atoms with E-state index in [4.69, 9.17) is 21.1 Å². The fraction of sp³-hybridized carbons (Fsp3) is 0.125. The Morgan fingerprint density at radius 3 is 2.69 bits per heavy atom. The Labute approximate surface area is 174 Å². The number of rotatable bonds is 5. The summed E-state index contributed by atoms with van der Waals surface area (Å²) in [5.74, 6) is 1.63. The maximum absolute atomic E-state index is 5.96. The molecule has 1 aromatic heterocycles. The van der Waals surface area contributed by atoms with Crippen LogP contribution < -0.4 is 14.0 Å². The second-order valence-corrected chi connectivity index (χ2v) is 7.46. The van der Waals surface area contributed by atoms with Crippen LogP contribution in [0.25, 0.3) is 17.1 Å². The monoisotopic (exact) mass is 403 g/mol. The molecule has 4 aromatic rings. The number of para-hydroxylation sites is 2. The Bertz CT molecular complexity index is 1200. The molecule has 0 atom stereocenters. The lowest BCUT2D eigenvalue weighted by atomic mass is 10.2. The Balaban J connectivity index is 1.41. The number of benzene rings is 3. The van der Waals surface area contributed by atoms with Crippen LogP contribution in [0.15, 0.2) is 79.1 Å². The van der Waals surface area contributed by atoms with Crippen LogP contribution in [0, 0.1) is 0 Å². The van der Waals surface area contributed by atoms with E-state index in [0.717, 1.165) is 35.2 Å². The van der Waals surface area contributed by atoms with Crippen molar-refractivity contribution in [3.05, 3.63) is 95.3 Å². The van der Waals surface area contributed by atoms with Crippen LogP contribution in [0.2, 0.25) is 5.02 Å². The summed E-state index contributed by atoms with van der Waals surface area (Å²) in [5.41, 5.74) is 4.72. The van der Waals surface area contributed by atoms with Gasteiger partial charge in [0.25, 0.3) is 0 Å². The highest BCUT2D eigenvalue weighted by Crippen LogP contribution is 2.32. The van der Waals surface area contributed by atoms with E-state index in [-0.39, 0.29) is 0 Å². The first kappa shape index (κ1) is 17.8. The molecule has 0 spiro atoms. The molecule has 0 bridgehead atoms. The fourth-order valence-corrected chi connectivity index (χ4v) is 3.75. The molecule has 0 aliphatic carbocycles. The fourth-order valence-electron chi connectivity index (χ4n) is 3.63. The van der Waals surface area contributed by atoms with E-state index in [1.54, 1.807) is 0 Å². The molecule has 0 unspecified atom stereocenters. The highest BCUT2D eigenvalue weighted by Gasteiger charge is 2.17. The van der Waals surface area contributed by atoms with Crippen LogP contribution >= 0.6 is 11.6 Å². The first-order valence-electron chi connectivity index (χ1n) is 9.54. The summed E-state index contributed by atoms with van der Waals surface area (Å²) in [6.45, 7) is 1.85. The predicted molar refractivity (Wildman–Crippen MR) is 114 cm³/mol. The lowest BCUT2D eigenvalue weighted by Crippen LogP contribution is -2.32. The smallest absolute Gasteiger partial charge is 0.245 e. The van der Waals surface area contributed by atoms with Crippen LogP contribution in [-0.2, 0) is 13.1 Å². The second kappa shape index (κ2) is 7.64. The summed E-state index contributed by atoms with van der Waals surface area (Å²) in [5, 5.41) is 0.753. The molecule has 0 saturated carbocycles. The van der Waals surface area contributed by atoms with Gasteiger partial charge in [-0.05, 0) is 53.6 Å². The van der Waals surface area contributed by atoms with Crippen LogP contribution in [0.4, 0.5) is 0 Å². The number of hydrogen-bond acceptors (Lipinski definition) is 2.